The summed E-state index contributed by atoms with van der Waals surface area (Å²) in [6.45, 7) is 2.22. The standard InChI is InChI=1S/C23H16F2N4O2/c1-13-3-2-7-28-11-15(27-22(13)28)12-29-8-6-16-18(10-26-20(16)23(29)31)21(30)17-5-4-14(24)9-19(17)25/h2-11,26H,12H2,1H3. The molecule has 1 N–H and O–H groups in total. The molecule has 4 heterocycles. The number of pyridine rings is 2. The highest BCUT2D eigenvalue weighted by atomic mass is 19.1. The zero-order chi connectivity index (χ0) is 21.7. The molecule has 0 saturated heterocycles. The first-order valence-electron chi connectivity index (χ1n) is 9.56. The second-order valence-corrected chi connectivity index (χ2v) is 7.35. The van der Waals surface area contributed by atoms with Gasteiger partial charge in [0.15, 0.2) is 5.78 Å². The highest BCUT2D eigenvalue weighted by Crippen LogP contribution is 2.21. The van der Waals surface area contributed by atoms with Crippen molar-refractivity contribution in [1.82, 2.24) is 18.9 Å². The highest BCUT2D eigenvalue weighted by Gasteiger charge is 2.20. The number of nitrogens with zero attached hydrogens (tertiary/aromatic N) is 3. The number of hydrogen-bond donors (Lipinski definition) is 1. The SMILES string of the molecule is Cc1cccn2cc(Cn3ccc4c(C(=O)c5ccc(F)cc5F)c[nH]c4c3=O)nc12. The molecule has 0 unspecified atom stereocenters. The Labute approximate surface area is 174 Å². The predicted molar refractivity (Wildman–Crippen MR) is 111 cm³/mol. The number of benzene rings is 1. The number of ketones is 1. The normalized spacial score (nSPS) is 11.5. The van der Waals surface area contributed by atoms with Crippen molar-refractivity contribution >= 4 is 22.3 Å². The van der Waals surface area contributed by atoms with Gasteiger partial charge in [-0.25, -0.2) is 13.8 Å². The molecule has 0 saturated carbocycles. The van der Waals surface area contributed by atoms with E-state index in [9.17, 15) is 18.4 Å². The molecule has 31 heavy (non-hydrogen) atoms. The van der Waals surface area contributed by atoms with Crippen LogP contribution in [0.3, 0.4) is 0 Å². The van der Waals surface area contributed by atoms with E-state index < -0.39 is 17.4 Å². The minimum atomic E-state index is -0.949. The maximum atomic E-state index is 14.0. The number of fused-ring (bicyclic) bond motifs is 2. The van der Waals surface area contributed by atoms with Crippen molar-refractivity contribution in [2.24, 2.45) is 0 Å². The summed E-state index contributed by atoms with van der Waals surface area (Å²) < 4.78 is 30.6. The molecule has 0 radical (unpaired) electrons. The number of aryl methyl sites for hydroxylation is 1. The molecule has 0 fully saturated rings. The number of halogens is 2. The molecule has 0 bridgehead atoms. The molecule has 5 rings (SSSR count). The number of hydrogen-bond acceptors (Lipinski definition) is 3. The van der Waals surface area contributed by atoms with Gasteiger partial charge in [0.1, 0.15) is 22.8 Å². The van der Waals surface area contributed by atoms with E-state index in [-0.39, 0.29) is 28.7 Å². The van der Waals surface area contributed by atoms with Crippen LogP contribution in [-0.4, -0.2) is 24.7 Å². The average molecular weight is 418 g/mol. The molecular formula is C23H16F2N4O2. The van der Waals surface area contributed by atoms with Crippen molar-refractivity contribution in [3.05, 3.63) is 106 Å². The topological polar surface area (TPSA) is 72.2 Å². The lowest BCUT2D eigenvalue weighted by atomic mass is 10.0. The van der Waals surface area contributed by atoms with E-state index in [1.54, 1.807) is 12.3 Å². The van der Waals surface area contributed by atoms with Gasteiger partial charge in [0.2, 0.25) is 0 Å². The monoisotopic (exact) mass is 418 g/mol. The van der Waals surface area contributed by atoms with E-state index in [2.05, 4.69) is 9.97 Å². The molecule has 6 nitrogen and oxygen atoms in total. The van der Waals surface area contributed by atoms with Gasteiger partial charge < -0.3 is 14.0 Å². The lowest BCUT2D eigenvalue weighted by molar-refractivity contribution is 0.103. The molecule has 0 spiro atoms. The van der Waals surface area contributed by atoms with E-state index in [1.807, 2.05) is 35.9 Å². The van der Waals surface area contributed by atoms with Gasteiger partial charge >= 0.3 is 0 Å². The maximum Gasteiger partial charge on any atom is 0.275 e. The molecule has 4 aromatic heterocycles. The van der Waals surface area contributed by atoms with Crippen molar-refractivity contribution < 1.29 is 13.6 Å². The van der Waals surface area contributed by atoms with E-state index in [1.165, 1.54) is 10.8 Å². The van der Waals surface area contributed by atoms with Crippen LogP contribution in [0.2, 0.25) is 0 Å². The van der Waals surface area contributed by atoms with Crippen LogP contribution in [0.25, 0.3) is 16.6 Å². The van der Waals surface area contributed by atoms with Crippen molar-refractivity contribution in [2.45, 2.75) is 13.5 Å². The third kappa shape index (κ3) is 3.13. The molecule has 0 aliphatic rings. The fourth-order valence-electron chi connectivity index (χ4n) is 3.75. The van der Waals surface area contributed by atoms with Crippen molar-refractivity contribution in [3.8, 4) is 0 Å². The van der Waals surface area contributed by atoms with Gasteiger partial charge in [-0.3, -0.25) is 9.59 Å². The summed E-state index contributed by atoms with van der Waals surface area (Å²) in [5, 5.41) is 0.376. The predicted octanol–water partition coefficient (Wildman–Crippen LogP) is 3.84. The summed E-state index contributed by atoms with van der Waals surface area (Å²) in [6, 6.07) is 8.29. The Balaban J connectivity index is 1.53. The first-order valence-corrected chi connectivity index (χ1v) is 9.56. The molecular weight excluding hydrogens is 402 g/mol. The number of aromatic amines is 1. The number of aromatic nitrogens is 4. The summed E-state index contributed by atoms with van der Waals surface area (Å²) in [5.74, 6) is -2.34. The van der Waals surface area contributed by atoms with Gasteiger partial charge in [0.05, 0.1) is 17.8 Å². The molecule has 0 atom stereocenters. The molecule has 154 valence electrons. The first-order chi connectivity index (χ1) is 14.9. The van der Waals surface area contributed by atoms with E-state index in [0.29, 0.717) is 17.1 Å². The number of carbonyl (C=O) groups excluding carboxylic acids is 1. The van der Waals surface area contributed by atoms with E-state index in [0.717, 1.165) is 23.3 Å². The molecule has 0 amide bonds. The van der Waals surface area contributed by atoms with Crippen LogP contribution in [0.1, 0.15) is 27.2 Å². The smallest absolute Gasteiger partial charge is 0.275 e. The quantitative estimate of drug-likeness (QED) is 0.451. The Bertz CT molecular complexity index is 1540. The van der Waals surface area contributed by atoms with Crippen molar-refractivity contribution in [3.63, 3.8) is 0 Å². The van der Waals surface area contributed by atoms with Crippen LogP contribution < -0.4 is 5.56 Å². The third-order valence-corrected chi connectivity index (χ3v) is 5.30. The maximum absolute atomic E-state index is 14.0. The zero-order valence-corrected chi connectivity index (χ0v) is 16.4. The molecule has 8 heteroatoms. The lowest BCUT2D eigenvalue weighted by Crippen LogP contribution is -2.20. The number of nitrogens with one attached hydrogen (secondary N) is 1. The van der Waals surface area contributed by atoms with Crippen LogP contribution in [0.4, 0.5) is 8.78 Å². The van der Waals surface area contributed by atoms with Crippen LogP contribution in [-0.2, 0) is 6.54 Å². The number of imidazole rings is 1. The largest absolute Gasteiger partial charge is 0.356 e. The van der Waals surface area contributed by atoms with Crippen LogP contribution in [0.15, 0.2) is 66.0 Å². The van der Waals surface area contributed by atoms with Crippen LogP contribution >= 0.6 is 0 Å². The van der Waals surface area contributed by atoms with Gasteiger partial charge in [-0.2, -0.15) is 0 Å². The summed E-state index contributed by atoms with van der Waals surface area (Å²) in [4.78, 5) is 33.1. The summed E-state index contributed by atoms with van der Waals surface area (Å²) in [5.41, 5.74) is 2.35. The fraction of sp³-hybridized carbons (Fsp3) is 0.0870. The number of H-pyrrole nitrogens is 1. The summed E-state index contributed by atoms with van der Waals surface area (Å²) >= 11 is 0. The van der Waals surface area contributed by atoms with Gasteiger partial charge in [-0.1, -0.05) is 6.07 Å². The Morgan fingerprint density at radius 1 is 1.13 bits per heavy atom. The number of rotatable bonds is 4. The van der Waals surface area contributed by atoms with Gasteiger partial charge in [0.25, 0.3) is 5.56 Å². The van der Waals surface area contributed by atoms with Gasteiger partial charge in [-0.15, -0.1) is 0 Å². The van der Waals surface area contributed by atoms with E-state index >= 15 is 0 Å². The molecule has 0 aliphatic carbocycles. The lowest BCUT2D eigenvalue weighted by Gasteiger charge is -2.05. The Morgan fingerprint density at radius 3 is 2.74 bits per heavy atom. The molecule has 1 aromatic carbocycles. The molecule has 0 aliphatic heterocycles. The summed E-state index contributed by atoms with van der Waals surface area (Å²) in [7, 11) is 0. The minimum absolute atomic E-state index is 0.146. The third-order valence-electron chi connectivity index (χ3n) is 5.30. The number of carbonyl (C=O) groups is 1. The second kappa shape index (κ2) is 7.02. The van der Waals surface area contributed by atoms with Crippen molar-refractivity contribution in [2.75, 3.05) is 0 Å². The summed E-state index contributed by atoms with van der Waals surface area (Å²) in [6.07, 6.45) is 6.70. The fourth-order valence-corrected chi connectivity index (χ4v) is 3.75. The zero-order valence-electron chi connectivity index (χ0n) is 16.4. The Hall–Kier alpha value is -4.07. The first kappa shape index (κ1) is 18.9. The van der Waals surface area contributed by atoms with Gasteiger partial charge in [-0.05, 0) is 36.8 Å². The Kier molecular flexibility index (Phi) is 4.28. The second-order valence-electron chi connectivity index (χ2n) is 7.35. The average Bonchev–Trinajstić information content (AvgIpc) is 3.35. The van der Waals surface area contributed by atoms with E-state index in [4.69, 9.17) is 0 Å². The van der Waals surface area contributed by atoms with Crippen molar-refractivity contribution in [1.29, 1.82) is 0 Å². The Morgan fingerprint density at radius 2 is 1.97 bits per heavy atom. The van der Waals surface area contributed by atoms with Crippen LogP contribution in [0.5, 0.6) is 0 Å². The molecule has 5 aromatic rings. The van der Waals surface area contributed by atoms with Crippen LogP contribution in [0, 0.1) is 18.6 Å². The van der Waals surface area contributed by atoms with Gasteiger partial charge in [0, 0.05) is 41.8 Å². The highest BCUT2D eigenvalue weighted by molar-refractivity contribution is 6.16. The minimum Gasteiger partial charge on any atom is -0.356 e.